The molecule has 0 aromatic heterocycles. The van der Waals surface area contributed by atoms with Crippen molar-refractivity contribution < 1.29 is 12.8 Å². The van der Waals surface area contributed by atoms with Gasteiger partial charge in [0.1, 0.15) is 5.82 Å². The molecule has 0 bridgehead atoms. The summed E-state index contributed by atoms with van der Waals surface area (Å²) in [6.07, 6.45) is 0. The van der Waals surface area contributed by atoms with E-state index in [1.165, 1.54) is 24.3 Å². The molecule has 2 aromatic carbocycles. The average Bonchev–Trinajstić information content (AvgIpc) is 2.43. The van der Waals surface area contributed by atoms with Crippen LogP contribution in [0, 0.1) is 19.7 Å². The summed E-state index contributed by atoms with van der Waals surface area (Å²) in [6, 6.07) is 9.02. The zero-order chi connectivity index (χ0) is 15.6. The third kappa shape index (κ3) is 3.40. The minimum Gasteiger partial charge on any atom is -0.398 e. The molecule has 0 spiro atoms. The van der Waals surface area contributed by atoms with Crippen molar-refractivity contribution in [2.24, 2.45) is 0 Å². The van der Waals surface area contributed by atoms with Gasteiger partial charge in [-0.3, -0.25) is 0 Å². The van der Waals surface area contributed by atoms with Crippen molar-refractivity contribution in [2.75, 3.05) is 5.73 Å². The maximum atomic E-state index is 12.8. The molecule has 21 heavy (non-hydrogen) atoms. The molecule has 0 fully saturated rings. The lowest BCUT2D eigenvalue weighted by molar-refractivity contribution is 0.580. The van der Waals surface area contributed by atoms with E-state index >= 15 is 0 Å². The monoisotopic (exact) mass is 308 g/mol. The number of anilines is 1. The van der Waals surface area contributed by atoms with E-state index in [1.807, 2.05) is 0 Å². The van der Waals surface area contributed by atoms with Crippen LogP contribution < -0.4 is 10.5 Å². The number of nitrogen functional groups attached to an aromatic ring is 1. The fourth-order valence-corrected chi connectivity index (χ4v) is 3.62. The Kier molecular flexibility index (Phi) is 4.29. The predicted octanol–water partition coefficient (Wildman–Crippen LogP) is 2.50. The van der Waals surface area contributed by atoms with Gasteiger partial charge in [-0.25, -0.2) is 17.5 Å². The van der Waals surface area contributed by atoms with E-state index in [-0.39, 0.29) is 17.3 Å². The normalized spacial score (nSPS) is 11.6. The van der Waals surface area contributed by atoms with Crippen molar-refractivity contribution in [3.05, 3.63) is 58.9 Å². The first-order valence-electron chi connectivity index (χ1n) is 6.41. The second-order valence-corrected chi connectivity index (χ2v) is 6.58. The van der Waals surface area contributed by atoms with Crippen LogP contribution in [-0.4, -0.2) is 8.42 Å². The molecule has 0 aliphatic carbocycles. The van der Waals surface area contributed by atoms with Gasteiger partial charge in [0.2, 0.25) is 10.0 Å². The Morgan fingerprint density at radius 2 is 1.71 bits per heavy atom. The van der Waals surface area contributed by atoms with Crippen LogP contribution in [0.25, 0.3) is 0 Å². The molecule has 0 aliphatic rings. The number of halogens is 1. The van der Waals surface area contributed by atoms with Crippen LogP contribution in [0.3, 0.4) is 0 Å². The first kappa shape index (κ1) is 15.5. The number of aryl methyl sites for hydroxylation is 1. The van der Waals surface area contributed by atoms with Crippen molar-refractivity contribution >= 4 is 15.7 Å². The SMILES string of the molecule is Cc1ccc(N)c(C)c1S(=O)(=O)NCc1ccc(F)cc1. The van der Waals surface area contributed by atoms with Crippen molar-refractivity contribution in [2.45, 2.75) is 25.3 Å². The third-order valence-electron chi connectivity index (χ3n) is 3.29. The average molecular weight is 308 g/mol. The van der Waals surface area contributed by atoms with Crippen LogP contribution in [-0.2, 0) is 16.6 Å². The first-order valence-corrected chi connectivity index (χ1v) is 7.89. The molecule has 3 N–H and O–H groups in total. The van der Waals surface area contributed by atoms with Gasteiger partial charge in [-0.05, 0) is 48.7 Å². The van der Waals surface area contributed by atoms with E-state index in [0.717, 1.165) is 0 Å². The van der Waals surface area contributed by atoms with Crippen LogP contribution in [0.5, 0.6) is 0 Å². The number of hydrogen-bond acceptors (Lipinski definition) is 3. The van der Waals surface area contributed by atoms with E-state index in [0.29, 0.717) is 22.4 Å². The summed E-state index contributed by atoms with van der Waals surface area (Å²) in [6.45, 7) is 3.49. The van der Waals surface area contributed by atoms with Gasteiger partial charge in [0, 0.05) is 12.2 Å². The van der Waals surface area contributed by atoms with Crippen molar-refractivity contribution in [1.29, 1.82) is 0 Å². The lowest BCUT2D eigenvalue weighted by Crippen LogP contribution is -2.25. The van der Waals surface area contributed by atoms with Crippen molar-refractivity contribution in [3.8, 4) is 0 Å². The van der Waals surface area contributed by atoms with E-state index in [4.69, 9.17) is 5.73 Å². The Labute approximate surface area is 123 Å². The minimum atomic E-state index is -3.68. The summed E-state index contributed by atoms with van der Waals surface area (Å²) in [5, 5.41) is 0. The van der Waals surface area contributed by atoms with Gasteiger partial charge in [-0.1, -0.05) is 18.2 Å². The molecule has 6 heteroatoms. The highest BCUT2D eigenvalue weighted by molar-refractivity contribution is 7.89. The topological polar surface area (TPSA) is 72.2 Å². The number of hydrogen-bond donors (Lipinski definition) is 2. The summed E-state index contributed by atoms with van der Waals surface area (Å²) in [5.74, 6) is -0.357. The zero-order valence-electron chi connectivity index (χ0n) is 11.9. The standard InChI is InChI=1S/C15H17FN2O2S/c1-10-3-8-14(17)11(2)15(10)21(19,20)18-9-12-4-6-13(16)7-5-12/h3-8,18H,9,17H2,1-2H3. The molecule has 2 aromatic rings. The highest BCUT2D eigenvalue weighted by Gasteiger charge is 2.20. The molecule has 2 rings (SSSR count). The van der Waals surface area contributed by atoms with Crippen LogP contribution in [0.2, 0.25) is 0 Å². The van der Waals surface area contributed by atoms with Gasteiger partial charge in [-0.2, -0.15) is 0 Å². The van der Waals surface area contributed by atoms with E-state index in [1.54, 1.807) is 26.0 Å². The van der Waals surface area contributed by atoms with Gasteiger partial charge in [0.05, 0.1) is 4.90 Å². The molecular weight excluding hydrogens is 291 g/mol. The Hall–Kier alpha value is -1.92. The molecular formula is C15H17FN2O2S. The first-order chi connectivity index (χ1) is 9.81. The molecule has 0 radical (unpaired) electrons. The number of sulfonamides is 1. The van der Waals surface area contributed by atoms with Gasteiger partial charge in [0.15, 0.2) is 0 Å². The molecule has 0 unspecified atom stereocenters. The van der Waals surface area contributed by atoms with Crippen molar-refractivity contribution in [3.63, 3.8) is 0 Å². The van der Waals surface area contributed by atoms with Crippen molar-refractivity contribution in [1.82, 2.24) is 4.72 Å². The van der Waals surface area contributed by atoms with Gasteiger partial charge in [-0.15, -0.1) is 0 Å². The summed E-state index contributed by atoms with van der Waals surface area (Å²) >= 11 is 0. The third-order valence-corrected chi connectivity index (χ3v) is 4.98. The molecule has 112 valence electrons. The molecule has 0 saturated carbocycles. The fraction of sp³-hybridized carbons (Fsp3) is 0.200. The Balaban J connectivity index is 2.27. The summed E-state index contributed by atoms with van der Waals surface area (Å²) in [4.78, 5) is 0.199. The van der Waals surface area contributed by atoms with Gasteiger partial charge in [0.25, 0.3) is 0 Å². The number of nitrogens with one attached hydrogen (secondary N) is 1. The summed E-state index contributed by atoms with van der Waals surface area (Å²) in [7, 11) is -3.68. The summed E-state index contributed by atoms with van der Waals surface area (Å²) < 4.78 is 40.2. The Morgan fingerprint density at radius 3 is 2.33 bits per heavy atom. The van der Waals surface area contributed by atoms with Crippen LogP contribution >= 0.6 is 0 Å². The van der Waals surface area contributed by atoms with E-state index < -0.39 is 10.0 Å². The van der Waals surface area contributed by atoms with Crippen LogP contribution in [0.1, 0.15) is 16.7 Å². The predicted molar refractivity (Wildman–Crippen MR) is 80.8 cm³/mol. The zero-order valence-corrected chi connectivity index (χ0v) is 12.7. The quantitative estimate of drug-likeness (QED) is 0.852. The maximum absolute atomic E-state index is 12.8. The Morgan fingerprint density at radius 1 is 1.10 bits per heavy atom. The van der Waals surface area contributed by atoms with Gasteiger partial charge >= 0.3 is 0 Å². The Bertz CT molecular complexity index is 756. The largest absolute Gasteiger partial charge is 0.398 e. The number of benzene rings is 2. The summed E-state index contributed by atoms with van der Waals surface area (Å²) in [5.41, 5.74) is 8.05. The highest BCUT2D eigenvalue weighted by atomic mass is 32.2. The molecule has 0 saturated heterocycles. The lowest BCUT2D eigenvalue weighted by atomic mass is 10.1. The second-order valence-electron chi connectivity index (χ2n) is 4.88. The molecule has 4 nitrogen and oxygen atoms in total. The van der Waals surface area contributed by atoms with Crippen LogP contribution in [0.15, 0.2) is 41.3 Å². The number of nitrogens with two attached hydrogens (primary N) is 1. The second kappa shape index (κ2) is 5.83. The van der Waals surface area contributed by atoms with Gasteiger partial charge < -0.3 is 5.73 Å². The van der Waals surface area contributed by atoms with E-state index in [2.05, 4.69) is 4.72 Å². The molecule has 0 aliphatic heterocycles. The fourth-order valence-electron chi connectivity index (χ4n) is 2.11. The lowest BCUT2D eigenvalue weighted by Gasteiger charge is -2.13. The molecule has 0 heterocycles. The van der Waals surface area contributed by atoms with E-state index in [9.17, 15) is 12.8 Å². The molecule has 0 amide bonds. The highest BCUT2D eigenvalue weighted by Crippen LogP contribution is 2.24. The number of rotatable bonds is 4. The van der Waals surface area contributed by atoms with Crippen LogP contribution in [0.4, 0.5) is 10.1 Å². The minimum absolute atomic E-state index is 0.0935. The smallest absolute Gasteiger partial charge is 0.241 e. The maximum Gasteiger partial charge on any atom is 0.241 e. The molecule has 0 atom stereocenters.